The number of thiophene rings is 1. The summed E-state index contributed by atoms with van der Waals surface area (Å²) >= 11 is 1.75. The fourth-order valence-corrected chi connectivity index (χ4v) is 3.99. The quantitative estimate of drug-likeness (QED) is 0.487. The summed E-state index contributed by atoms with van der Waals surface area (Å²) in [7, 11) is 0. The van der Waals surface area contributed by atoms with Crippen LogP contribution in [0, 0.1) is 5.82 Å². The van der Waals surface area contributed by atoms with E-state index >= 15 is 0 Å². The number of aliphatic imine (C=N–C) groups is 1. The van der Waals surface area contributed by atoms with Gasteiger partial charge in [-0.15, -0.1) is 11.3 Å². The highest BCUT2D eigenvalue weighted by atomic mass is 32.1. The predicted octanol–water partition coefficient (Wildman–Crippen LogP) is 2.72. The molecule has 6 nitrogen and oxygen atoms in total. The van der Waals surface area contributed by atoms with Gasteiger partial charge in [-0.3, -0.25) is 4.90 Å². The van der Waals surface area contributed by atoms with Crippen LogP contribution in [0.3, 0.4) is 0 Å². The molecule has 0 amide bonds. The highest BCUT2D eigenvalue weighted by Gasteiger charge is 2.23. The third kappa shape index (κ3) is 5.67. The van der Waals surface area contributed by atoms with Gasteiger partial charge in [-0.2, -0.15) is 0 Å². The van der Waals surface area contributed by atoms with Crippen molar-refractivity contribution < 1.29 is 14.2 Å². The average Bonchev–Trinajstić information content (AvgIpc) is 3.24. The number of halogens is 1. The number of nitrogens with one attached hydrogen (secondary N) is 2. The van der Waals surface area contributed by atoms with Crippen LogP contribution in [0.25, 0.3) is 0 Å². The van der Waals surface area contributed by atoms with Gasteiger partial charge in [0, 0.05) is 31.1 Å². The number of rotatable bonds is 7. The summed E-state index contributed by atoms with van der Waals surface area (Å²) < 4.78 is 19.0. The van der Waals surface area contributed by atoms with Crippen molar-refractivity contribution in [1.29, 1.82) is 0 Å². The molecule has 0 aliphatic carbocycles. The summed E-state index contributed by atoms with van der Waals surface area (Å²) in [4.78, 5) is 8.30. The molecule has 28 heavy (non-hydrogen) atoms. The number of morpholine rings is 1. The third-order valence-corrected chi connectivity index (χ3v) is 5.57. The molecular weight excluding hydrogens is 379 g/mol. The lowest BCUT2D eigenvalue weighted by Crippen LogP contribution is -2.46. The van der Waals surface area contributed by atoms with Crippen LogP contribution in [-0.4, -0.2) is 55.4 Å². The van der Waals surface area contributed by atoms with E-state index in [-0.39, 0.29) is 11.8 Å². The second-order valence-corrected chi connectivity index (χ2v) is 7.52. The molecule has 1 aromatic carbocycles. The van der Waals surface area contributed by atoms with Gasteiger partial charge in [-0.25, -0.2) is 9.38 Å². The molecule has 2 heterocycles. The van der Waals surface area contributed by atoms with E-state index in [1.807, 2.05) is 6.92 Å². The van der Waals surface area contributed by atoms with Crippen LogP contribution in [-0.2, 0) is 11.3 Å². The first-order valence-corrected chi connectivity index (χ1v) is 10.4. The van der Waals surface area contributed by atoms with Gasteiger partial charge in [0.1, 0.15) is 0 Å². The molecule has 0 bridgehead atoms. The number of hydrogen-bond donors (Lipinski definition) is 3. The smallest absolute Gasteiger partial charge is 0.191 e. The maximum Gasteiger partial charge on any atom is 0.191 e. The molecule has 8 heteroatoms. The first kappa shape index (κ1) is 20.6. The van der Waals surface area contributed by atoms with Crippen LogP contribution in [0.2, 0.25) is 0 Å². The molecule has 0 radical (unpaired) electrons. The number of aromatic hydroxyl groups is 1. The van der Waals surface area contributed by atoms with E-state index < -0.39 is 5.82 Å². The lowest BCUT2D eigenvalue weighted by Gasteiger charge is -2.34. The van der Waals surface area contributed by atoms with E-state index in [1.165, 1.54) is 17.0 Å². The molecule has 1 fully saturated rings. The Morgan fingerprint density at radius 3 is 2.82 bits per heavy atom. The molecule has 3 rings (SSSR count). The fraction of sp³-hybridized carbons (Fsp3) is 0.450. The van der Waals surface area contributed by atoms with E-state index in [1.54, 1.807) is 17.4 Å². The Balaban J connectivity index is 1.66. The van der Waals surface area contributed by atoms with Crippen LogP contribution in [0.15, 0.2) is 40.7 Å². The first-order chi connectivity index (χ1) is 13.7. The molecule has 1 saturated heterocycles. The largest absolute Gasteiger partial charge is 0.505 e. The number of phenols is 1. The normalized spacial score (nSPS) is 16.7. The van der Waals surface area contributed by atoms with E-state index in [9.17, 15) is 9.50 Å². The number of benzene rings is 1. The van der Waals surface area contributed by atoms with Crippen LogP contribution in [0.5, 0.6) is 5.75 Å². The minimum absolute atomic E-state index is 0.249. The summed E-state index contributed by atoms with van der Waals surface area (Å²) in [6.07, 6.45) is 0. The van der Waals surface area contributed by atoms with Gasteiger partial charge < -0.3 is 20.5 Å². The Bertz CT molecular complexity index is 764. The molecule has 1 unspecified atom stereocenters. The molecule has 1 aromatic heterocycles. The van der Waals surface area contributed by atoms with Crippen LogP contribution < -0.4 is 10.6 Å². The van der Waals surface area contributed by atoms with Crippen molar-refractivity contribution in [2.75, 3.05) is 39.4 Å². The van der Waals surface area contributed by atoms with Crippen LogP contribution in [0.4, 0.5) is 4.39 Å². The van der Waals surface area contributed by atoms with E-state index in [2.05, 4.69) is 38.0 Å². The Labute approximate surface area is 169 Å². The van der Waals surface area contributed by atoms with E-state index in [0.717, 1.165) is 39.4 Å². The van der Waals surface area contributed by atoms with Gasteiger partial charge in [-0.05, 0) is 36.1 Å². The highest BCUT2D eigenvalue weighted by Crippen LogP contribution is 2.25. The predicted molar refractivity (Wildman–Crippen MR) is 110 cm³/mol. The molecule has 1 atom stereocenters. The lowest BCUT2D eigenvalue weighted by molar-refractivity contribution is 0.0177. The van der Waals surface area contributed by atoms with Crippen LogP contribution in [0.1, 0.15) is 23.4 Å². The van der Waals surface area contributed by atoms with Crippen molar-refractivity contribution in [3.8, 4) is 5.75 Å². The van der Waals surface area contributed by atoms with Crippen molar-refractivity contribution in [2.24, 2.45) is 4.99 Å². The molecule has 0 spiro atoms. The van der Waals surface area contributed by atoms with Crippen molar-refractivity contribution in [2.45, 2.75) is 19.5 Å². The minimum Gasteiger partial charge on any atom is -0.505 e. The molecular formula is C20H27FN4O2S. The molecule has 1 aliphatic rings. The standard InChI is InChI=1S/C20H27FN4O2S/c1-2-22-20(23-13-15-5-6-18(26)16(21)12-15)24-14-17(19-4-3-11-28-19)25-7-9-27-10-8-25/h3-6,11-12,17,26H,2,7-10,13-14H2,1H3,(H2,22,23,24). The second kappa shape index (κ2) is 10.4. The Hall–Kier alpha value is -2.16. The molecule has 1 aliphatic heterocycles. The maximum absolute atomic E-state index is 13.5. The van der Waals surface area contributed by atoms with E-state index in [4.69, 9.17) is 4.74 Å². The van der Waals surface area contributed by atoms with Crippen LogP contribution >= 0.6 is 11.3 Å². The third-order valence-electron chi connectivity index (χ3n) is 4.60. The Morgan fingerprint density at radius 2 is 2.14 bits per heavy atom. The molecule has 152 valence electrons. The monoisotopic (exact) mass is 406 g/mol. The Morgan fingerprint density at radius 1 is 1.32 bits per heavy atom. The molecule has 0 saturated carbocycles. The average molecular weight is 407 g/mol. The molecule has 3 N–H and O–H groups in total. The number of nitrogens with zero attached hydrogens (tertiary/aromatic N) is 2. The topological polar surface area (TPSA) is 69.1 Å². The van der Waals surface area contributed by atoms with Gasteiger partial charge in [-0.1, -0.05) is 12.1 Å². The molecule has 2 aromatic rings. The summed E-state index contributed by atoms with van der Waals surface area (Å²) in [5.74, 6) is -0.288. The number of ether oxygens (including phenoxy) is 1. The van der Waals surface area contributed by atoms with Crippen molar-refractivity contribution in [1.82, 2.24) is 15.5 Å². The fourth-order valence-electron chi connectivity index (χ4n) is 3.13. The SMILES string of the molecule is CCNC(=NCc1ccc(O)c(F)c1)NCC(c1cccs1)N1CCOCC1. The maximum atomic E-state index is 13.5. The van der Waals surface area contributed by atoms with Gasteiger partial charge in [0.25, 0.3) is 0 Å². The number of guanidine groups is 1. The van der Waals surface area contributed by atoms with Gasteiger partial charge in [0.05, 0.1) is 25.8 Å². The summed E-state index contributed by atoms with van der Waals surface area (Å²) in [6.45, 7) is 7.11. The zero-order valence-corrected chi connectivity index (χ0v) is 16.8. The van der Waals surface area contributed by atoms with Gasteiger partial charge >= 0.3 is 0 Å². The number of hydrogen-bond acceptors (Lipinski definition) is 5. The van der Waals surface area contributed by atoms with Crippen molar-refractivity contribution in [3.63, 3.8) is 0 Å². The zero-order valence-electron chi connectivity index (χ0n) is 16.0. The van der Waals surface area contributed by atoms with Crippen molar-refractivity contribution >= 4 is 17.3 Å². The number of phenolic OH excluding ortho intramolecular Hbond substituents is 1. The summed E-state index contributed by atoms with van der Waals surface area (Å²) in [5.41, 5.74) is 0.704. The lowest BCUT2D eigenvalue weighted by atomic mass is 10.2. The minimum atomic E-state index is -0.629. The Kier molecular flexibility index (Phi) is 7.64. The van der Waals surface area contributed by atoms with Gasteiger partial charge in [0.15, 0.2) is 17.5 Å². The van der Waals surface area contributed by atoms with Gasteiger partial charge in [0.2, 0.25) is 0 Å². The van der Waals surface area contributed by atoms with E-state index in [0.29, 0.717) is 18.1 Å². The summed E-state index contributed by atoms with van der Waals surface area (Å²) in [5, 5.41) is 18.1. The zero-order chi connectivity index (χ0) is 19.8. The first-order valence-electron chi connectivity index (χ1n) is 9.52. The highest BCUT2D eigenvalue weighted by molar-refractivity contribution is 7.10. The second-order valence-electron chi connectivity index (χ2n) is 6.54. The van der Waals surface area contributed by atoms with Crippen molar-refractivity contribution in [3.05, 3.63) is 52.0 Å². The summed E-state index contributed by atoms with van der Waals surface area (Å²) in [6, 6.07) is 8.82.